The van der Waals surface area contributed by atoms with Gasteiger partial charge in [-0.3, -0.25) is 11.3 Å². The predicted molar refractivity (Wildman–Crippen MR) is 72.0 cm³/mol. The first-order chi connectivity index (χ1) is 9.36. The number of halogens is 3. The summed E-state index contributed by atoms with van der Waals surface area (Å²) in [5, 5.41) is 0. The Labute approximate surface area is 117 Å². The van der Waals surface area contributed by atoms with Gasteiger partial charge in [0, 0.05) is 13.2 Å². The van der Waals surface area contributed by atoms with Gasteiger partial charge in [-0.15, -0.1) is 0 Å². The Hall–Kier alpha value is -1.11. The number of methoxy groups -OCH3 is 1. The fourth-order valence-corrected chi connectivity index (χ4v) is 1.96. The topological polar surface area (TPSA) is 47.3 Å². The molecule has 2 atom stereocenters. The van der Waals surface area contributed by atoms with Crippen molar-refractivity contribution < 1.29 is 17.9 Å². The molecule has 0 aliphatic rings. The van der Waals surface area contributed by atoms with E-state index >= 15 is 0 Å². The van der Waals surface area contributed by atoms with Crippen LogP contribution in [-0.2, 0) is 17.3 Å². The molecule has 1 aromatic rings. The zero-order valence-corrected chi connectivity index (χ0v) is 11.7. The number of nitrogens with one attached hydrogen (secondary N) is 1. The Kier molecular flexibility index (Phi) is 6.45. The Morgan fingerprint density at radius 3 is 2.55 bits per heavy atom. The monoisotopic (exact) mass is 290 g/mol. The Morgan fingerprint density at radius 1 is 1.30 bits per heavy atom. The van der Waals surface area contributed by atoms with Crippen molar-refractivity contribution in [1.29, 1.82) is 0 Å². The molecule has 2 unspecified atom stereocenters. The van der Waals surface area contributed by atoms with Gasteiger partial charge < -0.3 is 4.74 Å². The second kappa shape index (κ2) is 7.61. The van der Waals surface area contributed by atoms with Crippen LogP contribution < -0.4 is 11.3 Å². The molecule has 0 heterocycles. The highest BCUT2D eigenvalue weighted by Crippen LogP contribution is 2.29. The van der Waals surface area contributed by atoms with Crippen LogP contribution in [0.25, 0.3) is 0 Å². The lowest BCUT2D eigenvalue weighted by Gasteiger charge is -2.18. The van der Waals surface area contributed by atoms with E-state index in [1.807, 2.05) is 6.92 Å². The average Bonchev–Trinajstić information content (AvgIpc) is 2.42. The van der Waals surface area contributed by atoms with E-state index in [1.165, 1.54) is 12.1 Å². The highest BCUT2D eigenvalue weighted by atomic mass is 19.4. The summed E-state index contributed by atoms with van der Waals surface area (Å²) in [4.78, 5) is 0. The lowest BCUT2D eigenvalue weighted by Crippen LogP contribution is -2.37. The van der Waals surface area contributed by atoms with Gasteiger partial charge in [0.05, 0.1) is 11.7 Å². The van der Waals surface area contributed by atoms with E-state index in [9.17, 15) is 13.2 Å². The number of hydrazine groups is 1. The Morgan fingerprint density at radius 2 is 2.00 bits per heavy atom. The molecule has 0 fully saturated rings. The van der Waals surface area contributed by atoms with Crippen molar-refractivity contribution in [2.75, 3.05) is 7.11 Å². The molecule has 0 aromatic heterocycles. The van der Waals surface area contributed by atoms with Crippen molar-refractivity contribution in [3.05, 3.63) is 35.4 Å². The van der Waals surface area contributed by atoms with Gasteiger partial charge in [0.1, 0.15) is 0 Å². The standard InChI is InChI=1S/C14H21F3N2O/c1-10(20-2)6-7-13(19-18)9-11-4-3-5-12(8-11)14(15,16)17/h3-5,8,10,13,19H,6-7,9,18H2,1-2H3. The van der Waals surface area contributed by atoms with Crippen molar-refractivity contribution in [3.63, 3.8) is 0 Å². The van der Waals surface area contributed by atoms with Crippen LogP contribution in [0.3, 0.4) is 0 Å². The predicted octanol–water partition coefficient (Wildman–Crippen LogP) is 2.89. The van der Waals surface area contributed by atoms with Crippen LogP contribution >= 0.6 is 0 Å². The summed E-state index contributed by atoms with van der Waals surface area (Å²) < 4.78 is 43.0. The van der Waals surface area contributed by atoms with Gasteiger partial charge in [-0.1, -0.05) is 18.2 Å². The van der Waals surface area contributed by atoms with Crippen LogP contribution in [0, 0.1) is 0 Å². The zero-order chi connectivity index (χ0) is 15.2. The van der Waals surface area contributed by atoms with E-state index < -0.39 is 11.7 Å². The van der Waals surface area contributed by atoms with E-state index in [4.69, 9.17) is 10.6 Å². The van der Waals surface area contributed by atoms with Gasteiger partial charge in [-0.2, -0.15) is 13.2 Å². The lowest BCUT2D eigenvalue weighted by molar-refractivity contribution is -0.137. The Bertz CT molecular complexity index is 410. The zero-order valence-electron chi connectivity index (χ0n) is 11.7. The first-order valence-corrected chi connectivity index (χ1v) is 6.52. The molecule has 114 valence electrons. The van der Waals surface area contributed by atoms with Gasteiger partial charge in [0.25, 0.3) is 0 Å². The molecule has 1 aromatic carbocycles. The second-order valence-corrected chi connectivity index (χ2v) is 4.89. The molecule has 0 aliphatic heterocycles. The highest BCUT2D eigenvalue weighted by molar-refractivity contribution is 5.26. The highest BCUT2D eigenvalue weighted by Gasteiger charge is 2.30. The van der Waals surface area contributed by atoms with Crippen LogP contribution in [0.15, 0.2) is 24.3 Å². The molecule has 1 rings (SSSR count). The maximum atomic E-state index is 12.6. The summed E-state index contributed by atoms with van der Waals surface area (Å²) in [5.41, 5.74) is 2.64. The van der Waals surface area contributed by atoms with Crippen molar-refractivity contribution in [1.82, 2.24) is 5.43 Å². The second-order valence-electron chi connectivity index (χ2n) is 4.89. The van der Waals surface area contributed by atoms with Gasteiger partial charge in [-0.25, -0.2) is 0 Å². The molecule has 0 bridgehead atoms. The van der Waals surface area contributed by atoms with Gasteiger partial charge >= 0.3 is 6.18 Å². The average molecular weight is 290 g/mol. The summed E-state index contributed by atoms with van der Waals surface area (Å²) in [6, 6.07) is 5.27. The van der Waals surface area contributed by atoms with Crippen LogP contribution in [0.2, 0.25) is 0 Å². The first kappa shape index (κ1) is 16.9. The maximum Gasteiger partial charge on any atom is 0.416 e. The minimum atomic E-state index is -4.31. The summed E-state index contributed by atoms with van der Waals surface area (Å²) in [5.74, 6) is 5.46. The molecule has 0 amide bonds. The smallest absolute Gasteiger partial charge is 0.382 e. The number of rotatable bonds is 7. The van der Waals surface area contributed by atoms with Gasteiger partial charge in [-0.05, 0) is 37.8 Å². The van der Waals surface area contributed by atoms with Crippen LogP contribution in [-0.4, -0.2) is 19.3 Å². The van der Waals surface area contributed by atoms with E-state index in [0.717, 1.165) is 18.9 Å². The van der Waals surface area contributed by atoms with Crippen LogP contribution in [0.4, 0.5) is 13.2 Å². The number of hydrogen-bond donors (Lipinski definition) is 2. The van der Waals surface area contributed by atoms with Crippen molar-refractivity contribution in [2.24, 2.45) is 5.84 Å². The van der Waals surface area contributed by atoms with E-state index in [1.54, 1.807) is 13.2 Å². The summed E-state index contributed by atoms with van der Waals surface area (Å²) in [7, 11) is 1.63. The Balaban J connectivity index is 2.65. The normalized spacial score (nSPS) is 15.1. The molecule has 0 spiro atoms. The quantitative estimate of drug-likeness (QED) is 0.599. The summed E-state index contributed by atoms with van der Waals surface area (Å²) >= 11 is 0. The summed E-state index contributed by atoms with van der Waals surface area (Å²) in [6.45, 7) is 1.94. The van der Waals surface area contributed by atoms with E-state index in [0.29, 0.717) is 12.0 Å². The minimum Gasteiger partial charge on any atom is -0.382 e. The third-order valence-electron chi connectivity index (χ3n) is 3.30. The molecular weight excluding hydrogens is 269 g/mol. The van der Waals surface area contributed by atoms with Crippen molar-refractivity contribution >= 4 is 0 Å². The SMILES string of the molecule is COC(C)CCC(Cc1cccc(C(F)(F)F)c1)NN. The molecule has 20 heavy (non-hydrogen) atoms. The first-order valence-electron chi connectivity index (χ1n) is 6.52. The van der Waals surface area contributed by atoms with Crippen LogP contribution in [0.1, 0.15) is 30.9 Å². The lowest BCUT2D eigenvalue weighted by atomic mass is 9.99. The van der Waals surface area contributed by atoms with Gasteiger partial charge in [0.2, 0.25) is 0 Å². The molecule has 0 radical (unpaired) electrons. The third kappa shape index (κ3) is 5.48. The minimum absolute atomic E-state index is 0.0731. The fraction of sp³-hybridized carbons (Fsp3) is 0.571. The van der Waals surface area contributed by atoms with Crippen molar-refractivity contribution in [3.8, 4) is 0 Å². The molecule has 6 heteroatoms. The number of alkyl halides is 3. The molecule has 0 saturated carbocycles. The number of hydrogen-bond acceptors (Lipinski definition) is 3. The number of ether oxygens (including phenoxy) is 1. The van der Waals surface area contributed by atoms with Crippen molar-refractivity contribution in [2.45, 2.75) is 44.5 Å². The summed E-state index contributed by atoms with van der Waals surface area (Å²) in [6.07, 6.45) is -2.22. The molecule has 0 saturated heterocycles. The number of benzene rings is 1. The van der Waals surface area contributed by atoms with Gasteiger partial charge in [0.15, 0.2) is 0 Å². The number of nitrogens with two attached hydrogens (primary N) is 1. The maximum absolute atomic E-state index is 12.6. The molecular formula is C14H21F3N2O. The molecule has 3 N–H and O–H groups in total. The third-order valence-corrected chi connectivity index (χ3v) is 3.30. The van der Waals surface area contributed by atoms with Crippen LogP contribution in [0.5, 0.6) is 0 Å². The fourth-order valence-electron chi connectivity index (χ4n) is 1.96. The molecule has 0 aliphatic carbocycles. The molecule has 3 nitrogen and oxygen atoms in total. The van der Waals surface area contributed by atoms with E-state index in [2.05, 4.69) is 5.43 Å². The largest absolute Gasteiger partial charge is 0.416 e. The van der Waals surface area contributed by atoms with E-state index in [-0.39, 0.29) is 12.1 Å².